The molecule has 2 aromatic heterocycles. The van der Waals surface area contributed by atoms with E-state index in [0.29, 0.717) is 24.8 Å². The minimum Gasteiger partial charge on any atom is -0.336 e. The molecular formula is C19H23N5OS. The van der Waals surface area contributed by atoms with E-state index in [1.54, 1.807) is 16.2 Å². The van der Waals surface area contributed by atoms with Gasteiger partial charge in [-0.05, 0) is 35.1 Å². The molecule has 2 heterocycles. The Hall–Kier alpha value is -2.54. The fraction of sp³-hybridized carbons (Fsp3) is 0.368. The SMILES string of the molecule is CCN(Cc1cccs1)C(=O)Cn1nnc(-c2ccc(C(C)C)cc2)n1. The van der Waals surface area contributed by atoms with Crippen molar-refractivity contribution in [2.75, 3.05) is 6.54 Å². The molecule has 0 unspecified atom stereocenters. The first-order chi connectivity index (χ1) is 12.6. The standard InChI is InChI=1S/C19H23N5OS/c1-4-23(12-17-6-5-11-26-17)18(25)13-24-21-19(20-22-24)16-9-7-15(8-10-16)14(2)3/h5-11,14H,4,12-13H2,1-3H3. The van der Waals surface area contributed by atoms with Crippen LogP contribution in [-0.2, 0) is 17.9 Å². The Morgan fingerprint density at radius 2 is 2.00 bits per heavy atom. The van der Waals surface area contributed by atoms with Crippen LogP contribution in [0.1, 0.15) is 37.1 Å². The Labute approximate surface area is 157 Å². The molecule has 0 saturated carbocycles. The lowest BCUT2D eigenvalue weighted by molar-refractivity contribution is -0.132. The number of aromatic nitrogens is 4. The number of amides is 1. The molecule has 26 heavy (non-hydrogen) atoms. The molecule has 0 spiro atoms. The Morgan fingerprint density at radius 1 is 1.23 bits per heavy atom. The van der Waals surface area contributed by atoms with Crippen LogP contribution in [0.5, 0.6) is 0 Å². The lowest BCUT2D eigenvalue weighted by Crippen LogP contribution is -2.33. The average Bonchev–Trinajstić information content (AvgIpc) is 3.31. The molecule has 0 aliphatic carbocycles. The predicted molar refractivity (Wildman–Crippen MR) is 103 cm³/mol. The third-order valence-electron chi connectivity index (χ3n) is 4.23. The van der Waals surface area contributed by atoms with E-state index in [4.69, 9.17) is 0 Å². The van der Waals surface area contributed by atoms with Crippen LogP contribution in [-0.4, -0.2) is 37.6 Å². The second-order valence-corrected chi connectivity index (χ2v) is 7.44. The van der Waals surface area contributed by atoms with Gasteiger partial charge >= 0.3 is 0 Å². The van der Waals surface area contributed by atoms with Crippen molar-refractivity contribution < 1.29 is 4.79 Å². The summed E-state index contributed by atoms with van der Waals surface area (Å²) in [5.41, 5.74) is 2.17. The molecule has 0 aliphatic rings. The maximum absolute atomic E-state index is 12.5. The summed E-state index contributed by atoms with van der Waals surface area (Å²) in [7, 11) is 0. The van der Waals surface area contributed by atoms with Gasteiger partial charge in [-0.25, -0.2) is 0 Å². The zero-order valence-corrected chi connectivity index (χ0v) is 16.1. The van der Waals surface area contributed by atoms with E-state index in [0.717, 1.165) is 10.4 Å². The molecule has 3 aromatic rings. The normalized spacial score (nSPS) is 11.1. The number of hydrogen-bond donors (Lipinski definition) is 0. The molecule has 1 aromatic carbocycles. The maximum atomic E-state index is 12.5. The van der Waals surface area contributed by atoms with Crippen LogP contribution in [0.15, 0.2) is 41.8 Å². The highest BCUT2D eigenvalue weighted by Gasteiger charge is 2.15. The fourth-order valence-electron chi connectivity index (χ4n) is 2.63. The van der Waals surface area contributed by atoms with E-state index in [1.165, 1.54) is 10.4 Å². The third-order valence-corrected chi connectivity index (χ3v) is 5.09. The number of nitrogens with zero attached hydrogens (tertiary/aromatic N) is 5. The van der Waals surface area contributed by atoms with Crippen molar-refractivity contribution >= 4 is 17.2 Å². The second-order valence-electron chi connectivity index (χ2n) is 6.41. The van der Waals surface area contributed by atoms with Crippen LogP contribution >= 0.6 is 11.3 Å². The van der Waals surface area contributed by atoms with E-state index in [9.17, 15) is 4.79 Å². The van der Waals surface area contributed by atoms with E-state index in [1.807, 2.05) is 36.6 Å². The number of rotatable bonds is 7. The molecule has 136 valence electrons. The lowest BCUT2D eigenvalue weighted by atomic mass is 10.0. The molecule has 0 saturated heterocycles. The van der Waals surface area contributed by atoms with Crippen LogP contribution in [0.2, 0.25) is 0 Å². The van der Waals surface area contributed by atoms with Crippen molar-refractivity contribution in [2.24, 2.45) is 0 Å². The molecule has 0 N–H and O–H groups in total. The maximum Gasteiger partial charge on any atom is 0.246 e. The first-order valence-electron chi connectivity index (χ1n) is 8.75. The lowest BCUT2D eigenvalue weighted by Gasteiger charge is -2.19. The molecule has 0 atom stereocenters. The molecule has 7 heteroatoms. The molecule has 0 fully saturated rings. The van der Waals surface area contributed by atoms with Gasteiger partial charge < -0.3 is 4.90 Å². The van der Waals surface area contributed by atoms with E-state index >= 15 is 0 Å². The molecule has 1 amide bonds. The summed E-state index contributed by atoms with van der Waals surface area (Å²) in [4.78, 5) is 16.9. The highest BCUT2D eigenvalue weighted by atomic mass is 32.1. The monoisotopic (exact) mass is 369 g/mol. The zero-order chi connectivity index (χ0) is 18.5. The van der Waals surface area contributed by atoms with Gasteiger partial charge in [0, 0.05) is 17.0 Å². The number of hydrogen-bond acceptors (Lipinski definition) is 5. The molecule has 0 bridgehead atoms. The van der Waals surface area contributed by atoms with Crippen LogP contribution in [0.4, 0.5) is 0 Å². The number of likely N-dealkylation sites (N-methyl/N-ethyl adjacent to an activating group) is 1. The Morgan fingerprint density at radius 3 is 2.62 bits per heavy atom. The summed E-state index contributed by atoms with van der Waals surface area (Å²) in [5, 5.41) is 14.5. The minimum absolute atomic E-state index is 0.0139. The number of benzene rings is 1. The first kappa shape index (κ1) is 18.3. The summed E-state index contributed by atoms with van der Waals surface area (Å²) in [6.45, 7) is 7.65. The molecule has 0 radical (unpaired) electrons. The topological polar surface area (TPSA) is 63.9 Å². The highest BCUT2D eigenvalue weighted by Crippen LogP contribution is 2.19. The largest absolute Gasteiger partial charge is 0.336 e. The molecule has 0 aliphatic heterocycles. The van der Waals surface area contributed by atoms with Crippen LogP contribution in [0, 0.1) is 0 Å². The van der Waals surface area contributed by atoms with E-state index in [2.05, 4.69) is 41.4 Å². The number of thiophene rings is 1. The second kappa shape index (κ2) is 8.23. The van der Waals surface area contributed by atoms with Gasteiger partial charge in [0.1, 0.15) is 6.54 Å². The van der Waals surface area contributed by atoms with Gasteiger partial charge in [0.15, 0.2) is 0 Å². The average molecular weight is 369 g/mol. The van der Waals surface area contributed by atoms with Crippen molar-refractivity contribution in [3.05, 3.63) is 52.2 Å². The van der Waals surface area contributed by atoms with Crippen LogP contribution < -0.4 is 0 Å². The fourth-order valence-corrected chi connectivity index (χ4v) is 3.35. The summed E-state index contributed by atoms with van der Waals surface area (Å²) in [5.74, 6) is 1.00. The van der Waals surface area contributed by atoms with Crippen molar-refractivity contribution in [3.63, 3.8) is 0 Å². The number of carbonyl (C=O) groups excluding carboxylic acids is 1. The van der Waals surface area contributed by atoms with Gasteiger partial charge in [-0.2, -0.15) is 4.80 Å². The van der Waals surface area contributed by atoms with Gasteiger partial charge in [-0.1, -0.05) is 44.2 Å². The van der Waals surface area contributed by atoms with Crippen LogP contribution in [0.25, 0.3) is 11.4 Å². The third kappa shape index (κ3) is 4.35. The predicted octanol–water partition coefficient (Wildman–Crippen LogP) is 3.57. The smallest absolute Gasteiger partial charge is 0.246 e. The molecule has 6 nitrogen and oxygen atoms in total. The van der Waals surface area contributed by atoms with Crippen molar-refractivity contribution in [1.29, 1.82) is 0 Å². The Kier molecular flexibility index (Phi) is 5.78. The Bertz CT molecular complexity index is 839. The van der Waals surface area contributed by atoms with Gasteiger partial charge in [-0.15, -0.1) is 21.5 Å². The summed E-state index contributed by atoms with van der Waals surface area (Å²) < 4.78 is 0. The zero-order valence-electron chi connectivity index (χ0n) is 15.3. The first-order valence-corrected chi connectivity index (χ1v) is 9.63. The molecular weight excluding hydrogens is 346 g/mol. The van der Waals surface area contributed by atoms with Gasteiger partial charge in [0.05, 0.1) is 6.54 Å². The molecule has 3 rings (SSSR count). The Balaban J connectivity index is 1.66. The van der Waals surface area contributed by atoms with Crippen molar-refractivity contribution in [3.8, 4) is 11.4 Å². The van der Waals surface area contributed by atoms with Crippen LogP contribution in [0.3, 0.4) is 0 Å². The summed E-state index contributed by atoms with van der Waals surface area (Å²) in [6, 6.07) is 12.2. The van der Waals surface area contributed by atoms with Gasteiger partial charge in [-0.3, -0.25) is 4.79 Å². The van der Waals surface area contributed by atoms with Crippen molar-refractivity contribution in [2.45, 2.75) is 39.8 Å². The minimum atomic E-state index is -0.0139. The van der Waals surface area contributed by atoms with Crippen molar-refractivity contribution in [1.82, 2.24) is 25.1 Å². The number of carbonyl (C=O) groups is 1. The summed E-state index contributed by atoms with van der Waals surface area (Å²) >= 11 is 1.65. The van der Waals surface area contributed by atoms with E-state index in [-0.39, 0.29) is 12.5 Å². The van der Waals surface area contributed by atoms with Gasteiger partial charge in [0.2, 0.25) is 11.7 Å². The number of tetrazole rings is 1. The summed E-state index contributed by atoms with van der Waals surface area (Å²) in [6.07, 6.45) is 0. The van der Waals surface area contributed by atoms with Gasteiger partial charge in [0.25, 0.3) is 0 Å². The quantitative estimate of drug-likeness (QED) is 0.639. The van der Waals surface area contributed by atoms with E-state index < -0.39 is 0 Å². The highest BCUT2D eigenvalue weighted by molar-refractivity contribution is 7.09.